The van der Waals surface area contributed by atoms with Gasteiger partial charge in [0.2, 0.25) is 0 Å². The molecule has 22 heavy (non-hydrogen) atoms. The molecule has 2 aromatic carbocycles. The van der Waals surface area contributed by atoms with Gasteiger partial charge in [-0.1, -0.05) is 56.3 Å². The highest BCUT2D eigenvalue weighted by Gasteiger charge is 2.39. The first kappa shape index (κ1) is 12.2. The van der Waals surface area contributed by atoms with Crippen molar-refractivity contribution in [2.45, 2.75) is 25.4 Å². The quantitative estimate of drug-likeness (QED) is 0.497. The summed E-state index contributed by atoms with van der Waals surface area (Å²) in [6.45, 7) is 4.16. The van der Waals surface area contributed by atoms with Crippen LogP contribution in [0.1, 0.15) is 31.2 Å². The van der Waals surface area contributed by atoms with E-state index in [1.54, 1.807) is 0 Å². The normalized spacial score (nSPS) is 19.5. The number of para-hydroxylation sites is 1. The summed E-state index contributed by atoms with van der Waals surface area (Å²) in [5.74, 6) is 0. The second-order valence-electron chi connectivity index (χ2n) is 6.72. The molecule has 3 heterocycles. The molecule has 0 saturated heterocycles. The van der Waals surface area contributed by atoms with Crippen molar-refractivity contribution >= 4 is 27.3 Å². The van der Waals surface area contributed by atoms with Gasteiger partial charge in [0, 0.05) is 27.9 Å². The Hall–Kier alpha value is -2.39. The molecule has 1 N–H and O–H groups in total. The van der Waals surface area contributed by atoms with Gasteiger partial charge in [0.25, 0.3) is 0 Å². The standard InChI is InChI=1S/C19H16N2O/c1-19(2)15-10-20-18-13-7-4-3-6-11(13)12-8-5-9-14(17(19)22)16(12)21(15)18/h3-10,17,22H,1-2H3. The van der Waals surface area contributed by atoms with Crippen LogP contribution in [0, 0.1) is 0 Å². The SMILES string of the molecule is CC1(C)c2cnc3c4ccccc4c4cccc(c4n23)C1O. The molecule has 0 spiro atoms. The summed E-state index contributed by atoms with van der Waals surface area (Å²) in [5, 5.41) is 14.4. The molecule has 0 radical (unpaired) electrons. The van der Waals surface area contributed by atoms with E-state index in [-0.39, 0.29) is 5.41 Å². The highest BCUT2D eigenvalue weighted by atomic mass is 16.3. The zero-order valence-electron chi connectivity index (χ0n) is 12.5. The van der Waals surface area contributed by atoms with Crippen LogP contribution in [0.15, 0.2) is 48.7 Å². The van der Waals surface area contributed by atoms with Crippen molar-refractivity contribution in [1.29, 1.82) is 0 Å². The summed E-state index contributed by atoms with van der Waals surface area (Å²) in [7, 11) is 0. The second-order valence-corrected chi connectivity index (χ2v) is 6.72. The van der Waals surface area contributed by atoms with Crippen LogP contribution in [-0.2, 0) is 5.41 Å². The Labute approximate surface area is 127 Å². The molecule has 3 nitrogen and oxygen atoms in total. The fourth-order valence-corrected chi connectivity index (χ4v) is 3.91. The van der Waals surface area contributed by atoms with Gasteiger partial charge in [0.15, 0.2) is 0 Å². The van der Waals surface area contributed by atoms with E-state index < -0.39 is 6.10 Å². The molecular weight excluding hydrogens is 272 g/mol. The third-order valence-electron chi connectivity index (χ3n) is 5.15. The molecule has 0 fully saturated rings. The van der Waals surface area contributed by atoms with Gasteiger partial charge in [-0.05, 0) is 5.39 Å². The molecule has 4 aromatic rings. The minimum Gasteiger partial charge on any atom is -0.387 e. The first-order valence-electron chi connectivity index (χ1n) is 7.60. The maximum absolute atomic E-state index is 10.9. The van der Waals surface area contributed by atoms with Gasteiger partial charge >= 0.3 is 0 Å². The zero-order chi connectivity index (χ0) is 15.1. The van der Waals surface area contributed by atoms with E-state index in [4.69, 9.17) is 0 Å². The van der Waals surface area contributed by atoms with Crippen molar-refractivity contribution in [3.63, 3.8) is 0 Å². The van der Waals surface area contributed by atoms with Crippen LogP contribution in [0.3, 0.4) is 0 Å². The van der Waals surface area contributed by atoms with Crippen molar-refractivity contribution in [2.75, 3.05) is 0 Å². The van der Waals surface area contributed by atoms with Gasteiger partial charge in [-0.2, -0.15) is 0 Å². The van der Waals surface area contributed by atoms with Crippen LogP contribution in [0.4, 0.5) is 0 Å². The van der Waals surface area contributed by atoms with E-state index in [0.717, 1.165) is 27.8 Å². The Morgan fingerprint density at radius 1 is 1.00 bits per heavy atom. The molecule has 5 rings (SSSR count). The van der Waals surface area contributed by atoms with Crippen LogP contribution in [0.5, 0.6) is 0 Å². The highest BCUT2D eigenvalue weighted by Crippen LogP contribution is 2.46. The van der Waals surface area contributed by atoms with Gasteiger partial charge in [-0.15, -0.1) is 0 Å². The van der Waals surface area contributed by atoms with Gasteiger partial charge in [0.05, 0.1) is 17.3 Å². The lowest BCUT2D eigenvalue weighted by Crippen LogP contribution is -2.32. The summed E-state index contributed by atoms with van der Waals surface area (Å²) in [5.41, 5.74) is 3.78. The molecule has 3 heteroatoms. The third-order valence-corrected chi connectivity index (χ3v) is 5.15. The lowest BCUT2D eigenvalue weighted by atomic mass is 9.77. The van der Waals surface area contributed by atoms with E-state index in [1.807, 2.05) is 18.3 Å². The first-order chi connectivity index (χ1) is 10.6. The number of imidazole rings is 1. The number of fused-ring (bicyclic) bond motifs is 3. The summed E-state index contributed by atoms with van der Waals surface area (Å²) in [6, 6.07) is 14.6. The zero-order valence-corrected chi connectivity index (χ0v) is 12.5. The largest absolute Gasteiger partial charge is 0.387 e. The number of hydrogen-bond acceptors (Lipinski definition) is 2. The van der Waals surface area contributed by atoms with E-state index in [2.05, 4.69) is 53.6 Å². The molecular formula is C19H16N2O. The van der Waals surface area contributed by atoms with E-state index >= 15 is 0 Å². The average Bonchev–Trinajstić information content (AvgIpc) is 2.99. The Bertz CT molecular complexity index is 1080. The van der Waals surface area contributed by atoms with Crippen molar-refractivity contribution in [1.82, 2.24) is 9.38 Å². The van der Waals surface area contributed by atoms with Crippen LogP contribution in [0.25, 0.3) is 27.3 Å². The molecule has 0 aliphatic carbocycles. The molecule has 0 amide bonds. The molecule has 1 aliphatic heterocycles. The number of aromatic nitrogens is 2. The molecule has 108 valence electrons. The van der Waals surface area contributed by atoms with Crippen molar-refractivity contribution in [3.8, 4) is 0 Å². The van der Waals surface area contributed by atoms with Gasteiger partial charge < -0.3 is 5.11 Å². The minimum absolute atomic E-state index is 0.358. The maximum Gasteiger partial charge on any atom is 0.145 e. The van der Waals surface area contributed by atoms with Crippen molar-refractivity contribution in [2.24, 2.45) is 0 Å². The van der Waals surface area contributed by atoms with E-state index in [0.29, 0.717) is 0 Å². The number of benzene rings is 2. The van der Waals surface area contributed by atoms with Gasteiger partial charge in [0.1, 0.15) is 5.65 Å². The Morgan fingerprint density at radius 3 is 2.55 bits per heavy atom. The van der Waals surface area contributed by atoms with Crippen LogP contribution in [-0.4, -0.2) is 14.5 Å². The van der Waals surface area contributed by atoms with Gasteiger partial charge in [-0.25, -0.2) is 4.98 Å². The number of aliphatic hydroxyl groups excluding tert-OH is 1. The molecule has 0 bridgehead atoms. The van der Waals surface area contributed by atoms with Gasteiger partial charge in [-0.3, -0.25) is 4.40 Å². The average molecular weight is 288 g/mol. The van der Waals surface area contributed by atoms with Crippen LogP contribution < -0.4 is 0 Å². The fraction of sp³-hybridized carbons (Fsp3) is 0.211. The third kappa shape index (κ3) is 1.20. The lowest BCUT2D eigenvalue weighted by molar-refractivity contribution is 0.0953. The van der Waals surface area contributed by atoms with Crippen molar-refractivity contribution < 1.29 is 5.11 Å². The monoisotopic (exact) mass is 288 g/mol. The Kier molecular flexibility index (Phi) is 2.04. The fourth-order valence-electron chi connectivity index (χ4n) is 3.91. The molecule has 1 unspecified atom stereocenters. The Morgan fingerprint density at radius 2 is 1.73 bits per heavy atom. The smallest absolute Gasteiger partial charge is 0.145 e. The topological polar surface area (TPSA) is 37.5 Å². The number of rotatable bonds is 0. The Balaban J connectivity index is 2.21. The molecule has 0 saturated carbocycles. The van der Waals surface area contributed by atoms with Crippen LogP contribution in [0.2, 0.25) is 0 Å². The van der Waals surface area contributed by atoms with E-state index in [9.17, 15) is 5.11 Å². The number of nitrogens with zero attached hydrogens (tertiary/aromatic N) is 2. The summed E-state index contributed by atoms with van der Waals surface area (Å²) in [4.78, 5) is 4.68. The molecule has 2 aromatic heterocycles. The number of hydrogen-bond donors (Lipinski definition) is 1. The van der Waals surface area contributed by atoms with Crippen molar-refractivity contribution in [3.05, 3.63) is 59.9 Å². The number of pyridine rings is 1. The first-order valence-corrected chi connectivity index (χ1v) is 7.60. The molecule has 1 atom stereocenters. The number of aliphatic hydroxyl groups is 1. The summed E-state index contributed by atoms with van der Waals surface area (Å²) >= 11 is 0. The summed E-state index contributed by atoms with van der Waals surface area (Å²) < 4.78 is 2.24. The highest BCUT2D eigenvalue weighted by molar-refractivity contribution is 6.12. The molecule has 1 aliphatic rings. The van der Waals surface area contributed by atoms with Crippen LogP contribution >= 0.6 is 0 Å². The lowest BCUT2D eigenvalue weighted by Gasteiger charge is -2.35. The second kappa shape index (κ2) is 3.68. The predicted molar refractivity (Wildman–Crippen MR) is 88.2 cm³/mol. The summed E-state index contributed by atoms with van der Waals surface area (Å²) in [6.07, 6.45) is 1.39. The van der Waals surface area contributed by atoms with E-state index in [1.165, 1.54) is 10.8 Å². The predicted octanol–water partition coefficient (Wildman–Crippen LogP) is 3.97. The maximum atomic E-state index is 10.9. The minimum atomic E-state index is -0.523.